The summed E-state index contributed by atoms with van der Waals surface area (Å²) in [6, 6.07) is 17.4. The minimum absolute atomic E-state index is 0.660. The van der Waals surface area contributed by atoms with E-state index in [1.165, 1.54) is 11.9 Å². The summed E-state index contributed by atoms with van der Waals surface area (Å²) >= 11 is 0. The molecular formula is C17H18N6. The first-order valence-corrected chi connectivity index (χ1v) is 7.22. The molecule has 2 aromatic carbocycles. The Labute approximate surface area is 134 Å². The highest BCUT2D eigenvalue weighted by Gasteiger charge is 2.00. The highest BCUT2D eigenvalue weighted by atomic mass is 15.4. The average Bonchev–Trinajstić information content (AvgIpc) is 2.53. The number of hydrazine groups is 1. The van der Waals surface area contributed by atoms with E-state index in [1.54, 1.807) is 0 Å². The second kappa shape index (κ2) is 6.65. The summed E-state index contributed by atoms with van der Waals surface area (Å²) in [5.41, 5.74) is 15.7. The Morgan fingerprint density at radius 1 is 0.826 bits per heavy atom. The number of rotatable bonds is 5. The number of aromatic nitrogens is 2. The van der Waals surface area contributed by atoms with Gasteiger partial charge in [0.1, 0.15) is 18.0 Å². The van der Waals surface area contributed by atoms with Crippen molar-refractivity contribution in [1.82, 2.24) is 9.97 Å². The van der Waals surface area contributed by atoms with Crippen molar-refractivity contribution in [2.75, 3.05) is 21.9 Å². The molecule has 0 atom stereocenters. The topological polar surface area (TPSA) is 87.9 Å². The van der Waals surface area contributed by atoms with E-state index in [1.807, 2.05) is 61.5 Å². The zero-order chi connectivity index (χ0) is 16.1. The van der Waals surface area contributed by atoms with E-state index in [4.69, 9.17) is 5.73 Å². The number of aryl methyl sites for hydroxylation is 1. The first-order valence-electron chi connectivity index (χ1n) is 7.22. The molecule has 23 heavy (non-hydrogen) atoms. The van der Waals surface area contributed by atoms with Gasteiger partial charge in [-0.1, -0.05) is 18.2 Å². The van der Waals surface area contributed by atoms with Gasteiger partial charge in [0, 0.05) is 17.4 Å². The molecule has 0 aliphatic carbocycles. The minimum Gasteiger partial charge on any atom is -0.399 e. The van der Waals surface area contributed by atoms with Crippen molar-refractivity contribution in [1.29, 1.82) is 0 Å². The van der Waals surface area contributed by atoms with E-state index in [0.717, 1.165) is 11.4 Å². The van der Waals surface area contributed by atoms with Crippen molar-refractivity contribution in [2.24, 2.45) is 0 Å². The highest BCUT2D eigenvalue weighted by Crippen LogP contribution is 2.18. The molecule has 0 aliphatic heterocycles. The monoisotopic (exact) mass is 306 g/mol. The summed E-state index contributed by atoms with van der Waals surface area (Å²) in [5, 5.41) is 3.19. The van der Waals surface area contributed by atoms with Crippen molar-refractivity contribution < 1.29 is 0 Å². The molecule has 3 aromatic rings. The predicted octanol–water partition coefficient (Wildman–Crippen LogP) is 3.55. The number of nitrogen functional groups attached to an aromatic ring is 1. The molecule has 0 spiro atoms. The predicted molar refractivity (Wildman–Crippen MR) is 94.6 cm³/mol. The van der Waals surface area contributed by atoms with Gasteiger partial charge in [0.05, 0.1) is 5.69 Å². The number of hydrogen-bond acceptors (Lipinski definition) is 6. The van der Waals surface area contributed by atoms with Crippen LogP contribution in [0, 0.1) is 6.92 Å². The second-order valence-corrected chi connectivity index (χ2v) is 5.16. The van der Waals surface area contributed by atoms with E-state index >= 15 is 0 Å². The molecular weight excluding hydrogens is 288 g/mol. The first kappa shape index (κ1) is 14.6. The number of anilines is 5. The van der Waals surface area contributed by atoms with Gasteiger partial charge in [-0.05, 0) is 42.8 Å². The third-order valence-corrected chi connectivity index (χ3v) is 3.18. The Morgan fingerprint density at radius 2 is 1.61 bits per heavy atom. The standard InChI is InChI=1S/C17H18N6/c1-12-4-2-7-15(8-12)22-23-17-10-16(19-11-20-17)21-14-6-3-5-13(18)9-14/h2-11,22H,18H2,1H3,(H2,19,20,21,23). The zero-order valence-corrected chi connectivity index (χ0v) is 12.7. The Kier molecular flexibility index (Phi) is 4.24. The van der Waals surface area contributed by atoms with Crippen LogP contribution in [0.1, 0.15) is 5.56 Å². The van der Waals surface area contributed by atoms with Crippen LogP contribution < -0.4 is 21.9 Å². The molecule has 0 saturated heterocycles. The summed E-state index contributed by atoms with van der Waals surface area (Å²) in [5.74, 6) is 1.34. The largest absolute Gasteiger partial charge is 0.399 e. The van der Waals surface area contributed by atoms with Gasteiger partial charge < -0.3 is 11.1 Å². The van der Waals surface area contributed by atoms with Gasteiger partial charge in [-0.2, -0.15) is 0 Å². The molecule has 5 N–H and O–H groups in total. The average molecular weight is 306 g/mol. The second-order valence-electron chi connectivity index (χ2n) is 5.16. The lowest BCUT2D eigenvalue weighted by atomic mass is 10.2. The quantitative estimate of drug-likeness (QED) is 0.426. The number of nitrogens with two attached hydrogens (primary N) is 1. The third kappa shape index (κ3) is 4.10. The highest BCUT2D eigenvalue weighted by molar-refractivity contribution is 5.63. The molecule has 0 unspecified atom stereocenters. The van der Waals surface area contributed by atoms with Crippen LogP contribution in [0.5, 0.6) is 0 Å². The molecule has 0 aliphatic rings. The summed E-state index contributed by atoms with van der Waals surface area (Å²) < 4.78 is 0. The minimum atomic E-state index is 0.660. The number of nitrogens with zero attached hydrogens (tertiary/aromatic N) is 2. The van der Waals surface area contributed by atoms with E-state index in [2.05, 4.69) is 26.1 Å². The van der Waals surface area contributed by atoms with Crippen LogP contribution in [0.3, 0.4) is 0 Å². The van der Waals surface area contributed by atoms with Crippen LogP contribution in [0.2, 0.25) is 0 Å². The van der Waals surface area contributed by atoms with Gasteiger partial charge in [-0.3, -0.25) is 10.9 Å². The van der Waals surface area contributed by atoms with Gasteiger partial charge >= 0.3 is 0 Å². The summed E-state index contributed by atoms with van der Waals surface area (Å²) in [7, 11) is 0. The van der Waals surface area contributed by atoms with E-state index in [-0.39, 0.29) is 0 Å². The molecule has 0 fully saturated rings. The van der Waals surface area contributed by atoms with E-state index < -0.39 is 0 Å². The van der Waals surface area contributed by atoms with Crippen LogP contribution in [0.15, 0.2) is 60.9 Å². The Morgan fingerprint density at radius 3 is 2.43 bits per heavy atom. The van der Waals surface area contributed by atoms with Crippen LogP contribution in [0.25, 0.3) is 0 Å². The van der Waals surface area contributed by atoms with Crippen LogP contribution in [-0.2, 0) is 0 Å². The lowest BCUT2D eigenvalue weighted by molar-refractivity contribution is 1.15. The maximum absolute atomic E-state index is 5.77. The molecule has 1 aromatic heterocycles. The van der Waals surface area contributed by atoms with Crippen molar-refractivity contribution in [3.05, 3.63) is 66.5 Å². The van der Waals surface area contributed by atoms with E-state index in [0.29, 0.717) is 17.3 Å². The number of nitrogens with one attached hydrogen (secondary N) is 3. The number of hydrogen-bond donors (Lipinski definition) is 4. The van der Waals surface area contributed by atoms with Crippen LogP contribution >= 0.6 is 0 Å². The Balaban J connectivity index is 1.67. The Hall–Kier alpha value is -3.28. The van der Waals surface area contributed by atoms with Gasteiger partial charge in [-0.25, -0.2) is 9.97 Å². The lowest BCUT2D eigenvalue weighted by Crippen LogP contribution is -2.10. The van der Waals surface area contributed by atoms with Gasteiger partial charge in [0.2, 0.25) is 0 Å². The molecule has 1 heterocycles. The van der Waals surface area contributed by atoms with Crippen molar-refractivity contribution in [3.8, 4) is 0 Å². The Bertz CT molecular complexity index is 802. The van der Waals surface area contributed by atoms with Gasteiger partial charge in [-0.15, -0.1) is 0 Å². The molecule has 116 valence electrons. The number of benzene rings is 2. The third-order valence-electron chi connectivity index (χ3n) is 3.18. The van der Waals surface area contributed by atoms with Crippen molar-refractivity contribution in [3.63, 3.8) is 0 Å². The molecule has 0 radical (unpaired) electrons. The molecule has 6 nitrogen and oxygen atoms in total. The van der Waals surface area contributed by atoms with E-state index in [9.17, 15) is 0 Å². The molecule has 0 amide bonds. The zero-order valence-electron chi connectivity index (χ0n) is 12.7. The van der Waals surface area contributed by atoms with Crippen molar-refractivity contribution in [2.45, 2.75) is 6.92 Å². The summed E-state index contributed by atoms with van der Waals surface area (Å²) in [4.78, 5) is 8.39. The van der Waals surface area contributed by atoms with Gasteiger partial charge in [0.25, 0.3) is 0 Å². The maximum Gasteiger partial charge on any atom is 0.149 e. The molecule has 0 saturated carbocycles. The van der Waals surface area contributed by atoms with Gasteiger partial charge in [0.15, 0.2) is 0 Å². The summed E-state index contributed by atoms with van der Waals surface area (Å²) in [6.07, 6.45) is 1.49. The van der Waals surface area contributed by atoms with Crippen LogP contribution in [0.4, 0.5) is 28.7 Å². The fraction of sp³-hybridized carbons (Fsp3) is 0.0588. The normalized spacial score (nSPS) is 10.1. The SMILES string of the molecule is Cc1cccc(NNc2cc(Nc3cccc(N)c3)ncn2)c1. The molecule has 3 rings (SSSR count). The fourth-order valence-electron chi connectivity index (χ4n) is 2.12. The summed E-state index contributed by atoms with van der Waals surface area (Å²) in [6.45, 7) is 2.05. The first-order chi connectivity index (χ1) is 11.2. The van der Waals surface area contributed by atoms with Crippen LogP contribution in [-0.4, -0.2) is 9.97 Å². The van der Waals surface area contributed by atoms with Crippen molar-refractivity contribution >= 4 is 28.7 Å². The molecule has 6 heteroatoms. The smallest absolute Gasteiger partial charge is 0.149 e. The molecule has 0 bridgehead atoms. The maximum atomic E-state index is 5.77. The lowest BCUT2D eigenvalue weighted by Gasteiger charge is -2.11. The fourth-order valence-corrected chi connectivity index (χ4v) is 2.12.